The largest absolute Gasteiger partial charge is 0.462 e. The van der Waals surface area contributed by atoms with Crippen LogP contribution < -0.4 is 0 Å². The molecule has 0 N–H and O–H groups in total. The topological polar surface area (TPSA) is 61.8 Å². The number of carbonyl (C=O) groups is 2. The van der Waals surface area contributed by atoms with E-state index in [0.29, 0.717) is 6.92 Å². The van der Waals surface area contributed by atoms with Crippen molar-refractivity contribution >= 4 is 11.9 Å². The zero-order valence-electron chi connectivity index (χ0n) is 14.1. The van der Waals surface area contributed by atoms with Gasteiger partial charge in [0.25, 0.3) is 0 Å². The van der Waals surface area contributed by atoms with Crippen molar-refractivity contribution in [1.29, 1.82) is 0 Å². The summed E-state index contributed by atoms with van der Waals surface area (Å²) < 4.78 is 82.4. The van der Waals surface area contributed by atoms with Crippen LogP contribution in [0, 0.1) is 5.92 Å². The highest BCUT2D eigenvalue weighted by atomic mass is 19.4. The summed E-state index contributed by atoms with van der Waals surface area (Å²) in [7, 11) is 0. The first-order chi connectivity index (χ1) is 11.1. The van der Waals surface area contributed by atoms with Crippen molar-refractivity contribution in [3.8, 4) is 0 Å². The molecule has 10 heteroatoms. The predicted octanol–water partition coefficient (Wildman–Crippen LogP) is 3.38. The number of alkyl halides is 5. The molecule has 0 aromatic heterocycles. The molecule has 1 aliphatic rings. The molecular formula is C15H19F5O5. The maximum atomic E-state index is 14.7. The average molecular weight is 374 g/mol. The molecule has 1 heterocycles. The second-order valence-electron chi connectivity index (χ2n) is 6.45. The van der Waals surface area contributed by atoms with E-state index in [0.717, 1.165) is 6.92 Å². The lowest BCUT2D eigenvalue weighted by Crippen LogP contribution is -2.65. The molecule has 0 radical (unpaired) electrons. The number of hydrogen-bond donors (Lipinski definition) is 0. The van der Waals surface area contributed by atoms with Crippen LogP contribution in [0.4, 0.5) is 22.0 Å². The Morgan fingerprint density at radius 3 is 2.16 bits per heavy atom. The second kappa shape index (κ2) is 6.54. The Hall–Kier alpha value is -1.71. The number of rotatable bonds is 5. The van der Waals surface area contributed by atoms with E-state index >= 15 is 0 Å². The molecule has 0 amide bonds. The minimum Gasteiger partial charge on any atom is -0.447 e. The summed E-state index contributed by atoms with van der Waals surface area (Å²) in [4.78, 5) is 23.2. The molecule has 0 aliphatic carbocycles. The van der Waals surface area contributed by atoms with E-state index in [9.17, 15) is 31.5 Å². The normalized spacial score (nSPS) is 28.7. The zero-order valence-corrected chi connectivity index (χ0v) is 14.1. The molecule has 1 saturated heterocycles. The van der Waals surface area contributed by atoms with Gasteiger partial charge in [0.15, 0.2) is 0 Å². The minimum atomic E-state index is -5.77. The van der Waals surface area contributed by atoms with Crippen LogP contribution in [-0.2, 0) is 23.8 Å². The highest BCUT2D eigenvalue weighted by molar-refractivity contribution is 5.87. The van der Waals surface area contributed by atoms with E-state index < -0.39 is 54.4 Å². The molecule has 1 rings (SSSR count). The van der Waals surface area contributed by atoms with E-state index in [4.69, 9.17) is 0 Å². The number of carbonyl (C=O) groups excluding carboxylic acids is 2. The van der Waals surface area contributed by atoms with Gasteiger partial charge in [-0.25, -0.2) is 4.79 Å². The van der Waals surface area contributed by atoms with Crippen LogP contribution in [0.5, 0.6) is 0 Å². The van der Waals surface area contributed by atoms with Gasteiger partial charge in [0.05, 0.1) is 6.61 Å². The summed E-state index contributed by atoms with van der Waals surface area (Å²) in [5.41, 5.74) is -3.30. The Balaban J connectivity index is 3.30. The fourth-order valence-corrected chi connectivity index (χ4v) is 2.10. The van der Waals surface area contributed by atoms with Gasteiger partial charge in [0.2, 0.25) is 5.60 Å². The molecule has 25 heavy (non-hydrogen) atoms. The third kappa shape index (κ3) is 3.63. The van der Waals surface area contributed by atoms with Gasteiger partial charge >= 0.3 is 29.8 Å². The Bertz CT molecular complexity index is 571. The molecular weight excluding hydrogens is 355 g/mol. The molecule has 0 spiro atoms. The summed E-state index contributed by atoms with van der Waals surface area (Å²) >= 11 is 0. The lowest BCUT2D eigenvalue weighted by molar-refractivity contribution is -0.409. The molecule has 0 aromatic rings. The van der Waals surface area contributed by atoms with Gasteiger partial charge in [-0.15, -0.1) is 0 Å². The van der Waals surface area contributed by atoms with E-state index in [1.54, 1.807) is 0 Å². The molecule has 2 atom stereocenters. The molecule has 0 aromatic carbocycles. The summed E-state index contributed by atoms with van der Waals surface area (Å²) in [6, 6.07) is 0. The van der Waals surface area contributed by atoms with Crippen molar-refractivity contribution < 1.29 is 45.8 Å². The van der Waals surface area contributed by atoms with Crippen molar-refractivity contribution in [2.24, 2.45) is 5.92 Å². The molecule has 1 fully saturated rings. The third-order valence-corrected chi connectivity index (χ3v) is 3.50. The summed E-state index contributed by atoms with van der Waals surface area (Å²) in [5, 5.41) is 0. The van der Waals surface area contributed by atoms with Crippen LogP contribution in [0.15, 0.2) is 12.2 Å². The van der Waals surface area contributed by atoms with Crippen molar-refractivity contribution in [3.05, 3.63) is 12.2 Å². The molecule has 1 aliphatic heterocycles. The van der Waals surface area contributed by atoms with Crippen LogP contribution in [0.1, 0.15) is 34.1 Å². The number of esters is 2. The smallest absolute Gasteiger partial charge is 0.447 e. The SMILES string of the molecule is C=C(C)C(=O)OC1(C)COC(OC(=O)CC(C)C)(C(F)(F)F)C1(F)F. The van der Waals surface area contributed by atoms with Crippen LogP contribution >= 0.6 is 0 Å². The van der Waals surface area contributed by atoms with Gasteiger partial charge in [-0.2, -0.15) is 22.0 Å². The summed E-state index contributed by atoms with van der Waals surface area (Å²) in [6.07, 6.45) is -6.30. The molecule has 5 nitrogen and oxygen atoms in total. The third-order valence-electron chi connectivity index (χ3n) is 3.50. The van der Waals surface area contributed by atoms with Crippen LogP contribution in [0.2, 0.25) is 0 Å². The van der Waals surface area contributed by atoms with Gasteiger partial charge in [0.1, 0.15) is 0 Å². The Morgan fingerprint density at radius 2 is 1.76 bits per heavy atom. The Kier molecular flexibility index (Phi) is 5.58. The maximum Gasteiger partial charge on any atom is 0.462 e. The van der Waals surface area contributed by atoms with Gasteiger partial charge in [-0.3, -0.25) is 4.79 Å². The lowest BCUT2D eigenvalue weighted by Gasteiger charge is -2.38. The number of halogens is 5. The van der Waals surface area contributed by atoms with Gasteiger partial charge in [-0.1, -0.05) is 20.4 Å². The first-order valence-electron chi connectivity index (χ1n) is 7.29. The van der Waals surface area contributed by atoms with Crippen molar-refractivity contribution in [2.75, 3.05) is 6.61 Å². The maximum absolute atomic E-state index is 14.7. The van der Waals surface area contributed by atoms with Crippen LogP contribution in [0.3, 0.4) is 0 Å². The average Bonchev–Trinajstić information content (AvgIpc) is 2.58. The van der Waals surface area contributed by atoms with Crippen LogP contribution in [-0.4, -0.2) is 42.0 Å². The molecule has 144 valence electrons. The fraction of sp³-hybridized carbons (Fsp3) is 0.733. The van der Waals surface area contributed by atoms with E-state index in [-0.39, 0.29) is 5.57 Å². The minimum absolute atomic E-state index is 0.293. The highest BCUT2D eigenvalue weighted by Crippen LogP contribution is 2.56. The molecule has 0 saturated carbocycles. The van der Waals surface area contributed by atoms with Crippen molar-refractivity contribution in [2.45, 2.75) is 57.6 Å². The molecule has 0 bridgehead atoms. The standard InChI is InChI=1S/C15H19F5O5/c1-8(2)6-10(21)24-14(15(18,19)20)13(16,17)12(5,7-23-14)25-11(22)9(3)4/h8H,3,6-7H2,1-2,4-5H3. The second-order valence-corrected chi connectivity index (χ2v) is 6.45. The predicted molar refractivity (Wildman–Crippen MR) is 74.5 cm³/mol. The quantitative estimate of drug-likeness (QED) is 0.419. The van der Waals surface area contributed by atoms with Gasteiger partial charge in [0, 0.05) is 12.0 Å². The van der Waals surface area contributed by atoms with Gasteiger partial charge in [-0.05, 0) is 19.8 Å². The first kappa shape index (κ1) is 21.3. The highest BCUT2D eigenvalue weighted by Gasteiger charge is 2.85. The number of hydrogen-bond acceptors (Lipinski definition) is 5. The first-order valence-corrected chi connectivity index (χ1v) is 7.29. The monoisotopic (exact) mass is 374 g/mol. The van der Waals surface area contributed by atoms with Gasteiger partial charge < -0.3 is 14.2 Å². The lowest BCUT2D eigenvalue weighted by atomic mass is 9.94. The zero-order chi connectivity index (χ0) is 19.8. The van der Waals surface area contributed by atoms with Crippen molar-refractivity contribution in [3.63, 3.8) is 0 Å². The summed E-state index contributed by atoms with van der Waals surface area (Å²) in [6.45, 7) is 6.54. The fourth-order valence-electron chi connectivity index (χ4n) is 2.10. The number of ether oxygens (including phenoxy) is 3. The van der Waals surface area contributed by atoms with Crippen molar-refractivity contribution in [1.82, 2.24) is 0 Å². The molecule has 2 unspecified atom stereocenters. The summed E-state index contributed by atoms with van der Waals surface area (Å²) in [5.74, 6) is -12.7. The van der Waals surface area contributed by atoms with Crippen LogP contribution in [0.25, 0.3) is 0 Å². The van der Waals surface area contributed by atoms with E-state index in [1.807, 2.05) is 0 Å². The Labute approximate surface area is 141 Å². The Morgan fingerprint density at radius 1 is 1.24 bits per heavy atom. The van der Waals surface area contributed by atoms with E-state index in [2.05, 4.69) is 20.8 Å². The van der Waals surface area contributed by atoms with E-state index in [1.165, 1.54) is 13.8 Å².